The minimum Gasteiger partial charge on any atom is -0.271 e. The second-order valence-electron chi connectivity index (χ2n) is 5.50. The molecule has 1 rings (SSSR count). The lowest BCUT2D eigenvalue weighted by atomic mass is 9.92. The van der Waals surface area contributed by atoms with Gasteiger partial charge in [0, 0.05) is 6.04 Å². The molecule has 0 radical (unpaired) electrons. The fraction of sp³-hybridized carbons (Fsp3) is 0.857. The molecule has 0 spiro atoms. The Morgan fingerprint density at radius 2 is 2.12 bits per heavy atom. The average molecular weight is 224 g/mol. The standard InChI is InChI=1S/C14H28N2/c1-12(2)7-6-10-14(16-15)11-13-8-4-3-5-9-13/h8,12,14,16H,3-7,9-11,15H2,1-2H3. The van der Waals surface area contributed by atoms with Crippen LogP contribution in [0.2, 0.25) is 0 Å². The number of rotatable bonds is 7. The molecule has 2 nitrogen and oxygen atoms in total. The lowest BCUT2D eigenvalue weighted by Crippen LogP contribution is -2.35. The van der Waals surface area contributed by atoms with Gasteiger partial charge in [0.25, 0.3) is 0 Å². The molecule has 1 atom stereocenters. The minimum absolute atomic E-state index is 0.489. The van der Waals surface area contributed by atoms with Gasteiger partial charge in [0.05, 0.1) is 0 Å². The Kier molecular flexibility index (Phi) is 6.74. The van der Waals surface area contributed by atoms with Crippen molar-refractivity contribution in [3.05, 3.63) is 11.6 Å². The van der Waals surface area contributed by atoms with E-state index in [1.54, 1.807) is 5.57 Å². The van der Waals surface area contributed by atoms with Crippen molar-refractivity contribution in [2.24, 2.45) is 11.8 Å². The summed E-state index contributed by atoms with van der Waals surface area (Å²) >= 11 is 0. The van der Waals surface area contributed by atoms with Gasteiger partial charge in [-0.25, -0.2) is 0 Å². The van der Waals surface area contributed by atoms with Crippen molar-refractivity contribution in [3.63, 3.8) is 0 Å². The predicted octanol–water partition coefficient (Wildman–Crippen LogP) is 3.54. The molecule has 0 saturated heterocycles. The Balaban J connectivity index is 2.22. The number of nitrogens with two attached hydrogens (primary N) is 1. The summed E-state index contributed by atoms with van der Waals surface area (Å²) in [4.78, 5) is 0. The Hall–Kier alpha value is -0.340. The fourth-order valence-corrected chi connectivity index (χ4v) is 2.42. The van der Waals surface area contributed by atoms with Crippen LogP contribution in [0.4, 0.5) is 0 Å². The second kappa shape index (κ2) is 7.86. The molecule has 94 valence electrons. The van der Waals surface area contributed by atoms with Gasteiger partial charge in [-0.2, -0.15) is 0 Å². The van der Waals surface area contributed by atoms with Gasteiger partial charge in [0.1, 0.15) is 0 Å². The molecule has 0 amide bonds. The normalized spacial score (nSPS) is 18.6. The fourth-order valence-electron chi connectivity index (χ4n) is 2.42. The zero-order valence-electron chi connectivity index (χ0n) is 11.0. The molecule has 0 aromatic carbocycles. The summed E-state index contributed by atoms with van der Waals surface area (Å²) in [5.74, 6) is 6.44. The van der Waals surface area contributed by atoms with E-state index in [1.807, 2.05) is 0 Å². The van der Waals surface area contributed by atoms with Crippen molar-refractivity contribution in [3.8, 4) is 0 Å². The second-order valence-corrected chi connectivity index (χ2v) is 5.50. The van der Waals surface area contributed by atoms with E-state index in [0.717, 1.165) is 12.3 Å². The number of hydrogen-bond acceptors (Lipinski definition) is 2. The minimum atomic E-state index is 0.489. The Bertz CT molecular complexity index is 209. The van der Waals surface area contributed by atoms with Crippen LogP contribution in [0, 0.1) is 5.92 Å². The van der Waals surface area contributed by atoms with Gasteiger partial charge in [-0.15, -0.1) is 0 Å². The van der Waals surface area contributed by atoms with E-state index in [9.17, 15) is 0 Å². The molecule has 0 bridgehead atoms. The monoisotopic (exact) mass is 224 g/mol. The molecule has 0 aliphatic heterocycles. The SMILES string of the molecule is CC(C)CCCC(CC1=CCCCC1)NN. The lowest BCUT2D eigenvalue weighted by Gasteiger charge is -2.20. The van der Waals surface area contributed by atoms with E-state index >= 15 is 0 Å². The molecule has 0 aromatic rings. The van der Waals surface area contributed by atoms with E-state index < -0.39 is 0 Å². The van der Waals surface area contributed by atoms with Gasteiger partial charge >= 0.3 is 0 Å². The van der Waals surface area contributed by atoms with Crippen LogP contribution in [0.15, 0.2) is 11.6 Å². The highest BCUT2D eigenvalue weighted by Gasteiger charge is 2.11. The molecule has 1 aliphatic rings. The first-order valence-electron chi connectivity index (χ1n) is 6.86. The molecule has 16 heavy (non-hydrogen) atoms. The number of nitrogens with one attached hydrogen (secondary N) is 1. The first kappa shape index (κ1) is 13.7. The zero-order valence-corrected chi connectivity index (χ0v) is 11.0. The van der Waals surface area contributed by atoms with Crippen molar-refractivity contribution in [2.75, 3.05) is 0 Å². The van der Waals surface area contributed by atoms with E-state index in [-0.39, 0.29) is 0 Å². The maximum atomic E-state index is 5.63. The van der Waals surface area contributed by atoms with Gasteiger partial charge in [0.2, 0.25) is 0 Å². The van der Waals surface area contributed by atoms with Crippen molar-refractivity contribution in [1.29, 1.82) is 0 Å². The number of hydrogen-bond donors (Lipinski definition) is 2. The Labute approximate surface area is 101 Å². The van der Waals surface area contributed by atoms with Crippen LogP contribution in [0.3, 0.4) is 0 Å². The van der Waals surface area contributed by atoms with Crippen LogP contribution in [-0.4, -0.2) is 6.04 Å². The molecule has 0 saturated carbocycles. The topological polar surface area (TPSA) is 38.0 Å². The average Bonchev–Trinajstić information content (AvgIpc) is 2.28. The van der Waals surface area contributed by atoms with E-state index in [2.05, 4.69) is 25.3 Å². The van der Waals surface area contributed by atoms with Crippen molar-refractivity contribution >= 4 is 0 Å². The summed E-state index contributed by atoms with van der Waals surface area (Å²) in [6.45, 7) is 4.57. The largest absolute Gasteiger partial charge is 0.271 e. The third-order valence-electron chi connectivity index (χ3n) is 3.46. The summed E-state index contributed by atoms with van der Waals surface area (Å²) in [6, 6.07) is 0.489. The summed E-state index contributed by atoms with van der Waals surface area (Å²) < 4.78 is 0. The van der Waals surface area contributed by atoms with E-state index in [4.69, 9.17) is 5.84 Å². The van der Waals surface area contributed by atoms with Gasteiger partial charge in [-0.1, -0.05) is 38.3 Å². The van der Waals surface area contributed by atoms with Crippen molar-refractivity contribution < 1.29 is 0 Å². The first-order chi connectivity index (χ1) is 7.72. The number of allylic oxidation sites excluding steroid dienone is 1. The Morgan fingerprint density at radius 3 is 2.69 bits per heavy atom. The number of hydrazine groups is 1. The molecular formula is C14H28N2. The lowest BCUT2D eigenvalue weighted by molar-refractivity contribution is 0.434. The molecule has 3 N–H and O–H groups in total. The molecule has 0 heterocycles. The molecule has 0 fully saturated rings. The third-order valence-corrected chi connectivity index (χ3v) is 3.46. The highest BCUT2D eigenvalue weighted by atomic mass is 15.2. The van der Waals surface area contributed by atoms with Crippen molar-refractivity contribution in [2.45, 2.75) is 71.3 Å². The van der Waals surface area contributed by atoms with Crippen LogP contribution in [0.25, 0.3) is 0 Å². The molecule has 0 aromatic heterocycles. The first-order valence-corrected chi connectivity index (χ1v) is 6.86. The van der Waals surface area contributed by atoms with Gasteiger partial charge < -0.3 is 0 Å². The molecule has 2 heteroatoms. The maximum Gasteiger partial charge on any atom is 0.0247 e. The highest BCUT2D eigenvalue weighted by molar-refractivity contribution is 5.06. The Morgan fingerprint density at radius 1 is 1.31 bits per heavy atom. The summed E-state index contributed by atoms with van der Waals surface area (Å²) in [7, 11) is 0. The maximum absolute atomic E-state index is 5.63. The smallest absolute Gasteiger partial charge is 0.0247 e. The van der Waals surface area contributed by atoms with Crippen LogP contribution in [0.5, 0.6) is 0 Å². The van der Waals surface area contributed by atoms with E-state index in [0.29, 0.717) is 6.04 Å². The quantitative estimate of drug-likeness (QED) is 0.394. The van der Waals surface area contributed by atoms with E-state index in [1.165, 1.54) is 44.9 Å². The van der Waals surface area contributed by atoms with Crippen molar-refractivity contribution in [1.82, 2.24) is 5.43 Å². The van der Waals surface area contributed by atoms with Gasteiger partial charge in [-0.05, 0) is 44.4 Å². The van der Waals surface area contributed by atoms with Crippen LogP contribution < -0.4 is 11.3 Å². The highest BCUT2D eigenvalue weighted by Crippen LogP contribution is 2.22. The summed E-state index contributed by atoms with van der Waals surface area (Å²) in [6.07, 6.45) is 12.7. The van der Waals surface area contributed by atoms with Crippen LogP contribution >= 0.6 is 0 Å². The molecular weight excluding hydrogens is 196 g/mol. The summed E-state index contributed by atoms with van der Waals surface area (Å²) in [5.41, 5.74) is 4.61. The molecule has 1 unspecified atom stereocenters. The summed E-state index contributed by atoms with van der Waals surface area (Å²) in [5, 5.41) is 0. The molecule has 1 aliphatic carbocycles. The van der Waals surface area contributed by atoms with Crippen LogP contribution in [0.1, 0.15) is 65.2 Å². The third kappa shape index (κ3) is 5.66. The van der Waals surface area contributed by atoms with Gasteiger partial charge in [-0.3, -0.25) is 11.3 Å². The van der Waals surface area contributed by atoms with Crippen LogP contribution in [-0.2, 0) is 0 Å². The zero-order chi connectivity index (χ0) is 11.8. The van der Waals surface area contributed by atoms with Gasteiger partial charge in [0.15, 0.2) is 0 Å². The predicted molar refractivity (Wildman–Crippen MR) is 71.0 cm³/mol.